The Balaban J connectivity index is 1.58. The molecule has 0 atom stereocenters. The van der Waals surface area contributed by atoms with Crippen molar-refractivity contribution in [1.29, 1.82) is 0 Å². The minimum Gasteiger partial charge on any atom is -0.370 e. The molecule has 0 spiro atoms. The second-order valence-electron chi connectivity index (χ2n) is 7.43. The van der Waals surface area contributed by atoms with Gasteiger partial charge in [-0.15, -0.1) is 0 Å². The highest BCUT2D eigenvalue weighted by atomic mass is 32.3. The normalized spacial score (nSPS) is 16.0. The van der Waals surface area contributed by atoms with Crippen molar-refractivity contribution in [3.05, 3.63) is 72.4 Å². The van der Waals surface area contributed by atoms with Gasteiger partial charge >= 0.3 is 10.4 Å². The lowest BCUT2D eigenvalue weighted by atomic mass is 9.74. The molecule has 160 valence electrons. The molecule has 9 heteroatoms. The summed E-state index contributed by atoms with van der Waals surface area (Å²) in [5.41, 5.74) is 2.12. The third kappa shape index (κ3) is 4.57. The molecule has 0 unspecified atom stereocenters. The molecule has 2 aromatic carbocycles. The minimum absolute atomic E-state index is 0.0425. The average molecular weight is 439 g/mol. The maximum Gasteiger partial charge on any atom is 0.446 e. The van der Waals surface area contributed by atoms with Crippen molar-refractivity contribution in [2.45, 2.75) is 18.3 Å². The number of anilines is 1. The largest absolute Gasteiger partial charge is 0.446 e. The molecule has 0 radical (unpaired) electrons. The molecule has 0 saturated carbocycles. The number of para-hydroxylation sites is 1. The average Bonchev–Trinajstić information content (AvgIpc) is 2.79. The third-order valence-electron chi connectivity index (χ3n) is 5.59. The lowest BCUT2D eigenvalue weighted by Crippen LogP contribution is -2.43. The van der Waals surface area contributed by atoms with E-state index in [1.807, 2.05) is 30.3 Å². The van der Waals surface area contributed by atoms with Gasteiger partial charge in [0.1, 0.15) is 6.29 Å². The molecule has 1 aliphatic heterocycles. The predicted octanol–water partition coefficient (Wildman–Crippen LogP) is 3.06. The number of aromatic nitrogens is 2. The van der Waals surface area contributed by atoms with Crippen LogP contribution in [-0.4, -0.2) is 42.5 Å². The van der Waals surface area contributed by atoms with Crippen molar-refractivity contribution < 1.29 is 21.9 Å². The second kappa shape index (κ2) is 8.44. The molecular formula is C22H21N3O5S. The monoisotopic (exact) mass is 439 g/mol. The zero-order valence-electron chi connectivity index (χ0n) is 16.6. The van der Waals surface area contributed by atoms with E-state index in [2.05, 4.69) is 19.3 Å². The standard InChI is InChI=1S/C22H21N3O5S/c26-16-22(17-6-2-1-3-7-17)10-12-25(13-11-22)18-14-20(24-23-15-18)19-8-4-5-9-21(19)30-31(27,28)29/h1-9,14-16H,10-13H2,(H,27,28,29). The van der Waals surface area contributed by atoms with Gasteiger partial charge in [-0.1, -0.05) is 42.5 Å². The number of piperidine rings is 1. The van der Waals surface area contributed by atoms with Gasteiger partial charge in [-0.05, 0) is 36.6 Å². The van der Waals surface area contributed by atoms with Crippen LogP contribution in [0, 0.1) is 0 Å². The first-order valence-electron chi connectivity index (χ1n) is 9.76. The highest BCUT2D eigenvalue weighted by Gasteiger charge is 2.36. The Bertz CT molecular complexity index is 1180. The maximum absolute atomic E-state index is 12.0. The topological polar surface area (TPSA) is 110 Å². The quantitative estimate of drug-likeness (QED) is 0.461. The predicted molar refractivity (Wildman–Crippen MR) is 115 cm³/mol. The van der Waals surface area contributed by atoms with Gasteiger partial charge < -0.3 is 13.9 Å². The number of hydrogen-bond donors (Lipinski definition) is 1. The van der Waals surface area contributed by atoms with Crippen LogP contribution in [0.15, 0.2) is 66.9 Å². The van der Waals surface area contributed by atoms with Gasteiger partial charge in [0.05, 0.1) is 23.0 Å². The van der Waals surface area contributed by atoms with Crippen LogP contribution in [0.25, 0.3) is 11.3 Å². The summed E-state index contributed by atoms with van der Waals surface area (Å²) in [7, 11) is -4.67. The van der Waals surface area contributed by atoms with E-state index in [1.54, 1.807) is 30.5 Å². The van der Waals surface area contributed by atoms with Gasteiger partial charge in [0.25, 0.3) is 0 Å². The second-order valence-corrected chi connectivity index (χ2v) is 8.46. The molecule has 0 bridgehead atoms. The van der Waals surface area contributed by atoms with Crippen LogP contribution in [0.5, 0.6) is 5.75 Å². The molecule has 31 heavy (non-hydrogen) atoms. The summed E-state index contributed by atoms with van der Waals surface area (Å²) < 4.78 is 36.0. The van der Waals surface area contributed by atoms with Crippen molar-refractivity contribution in [2.75, 3.05) is 18.0 Å². The summed E-state index contributed by atoms with van der Waals surface area (Å²) in [4.78, 5) is 14.1. The summed E-state index contributed by atoms with van der Waals surface area (Å²) in [5, 5.41) is 8.16. The van der Waals surface area contributed by atoms with E-state index < -0.39 is 15.8 Å². The molecule has 1 fully saturated rings. The van der Waals surface area contributed by atoms with Crippen molar-refractivity contribution in [2.24, 2.45) is 0 Å². The lowest BCUT2D eigenvalue weighted by Gasteiger charge is -2.39. The van der Waals surface area contributed by atoms with Crippen LogP contribution >= 0.6 is 0 Å². The van der Waals surface area contributed by atoms with Crippen LogP contribution in [0.3, 0.4) is 0 Å². The molecule has 1 aliphatic rings. The van der Waals surface area contributed by atoms with Crippen LogP contribution in [0.4, 0.5) is 5.69 Å². The Kier molecular flexibility index (Phi) is 5.71. The number of carbonyl (C=O) groups is 1. The maximum atomic E-state index is 12.0. The zero-order chi connectivity index (χ0) is 21.9. The minimum atomic E-state index is -4.67. The summed E-state index contributed by atoms with van der Waals surface area (Å²) in [5.74, 6) is -0.0425. The van der Waals surface area contributed by atoms with Crippen LogP contribution < -0.4 is 9.08 Å². The zero-order valence-corrected chi connectivity index (χ0v) is 17.4. The SMILES string of the molecule is O=CC1(c2ccccc2)CCN(c2cnnc(-c3ccccc3OS(=O)(=O)O)c2)CC1. The Morgan fingerprint density at radius 1 is 1.03 bits per heavy atom. The Morgan fingerprint density at radius 2 is 1.71 bits per heavy atom. The molecule has 8 nitrogen and oxygen atoms in total. The molecule has 3 aromatic rings. The first kappa shape index (κ1) is 21.0. The fourth-order valence-corrected chi connectivity index (χ4v) is 4.31. The number of benzene rings is 2. The number of hydrogen-bond acceptors (Lipinski definition) is 7. The molecule has 1 saturated heterocycles. The smallest absolute Gasteiger partial charge is 0.370 e. The van der Waals surface area contributed by atoms with E-state index in [4.69, 9.17) is 4.55 Å². The highest BCUT2D eigenvalue weighted by Crippen LogP contribution is 2.36. The number of nitrogens with zero attached hydrogens (tertiary/aromatic N) is 3. The first-order chi connectivity index (χ1) is 14.9. The van der Waals surface area contributed by atoms with Gasteiger partial charge in [-0.2, -0.15) is 18.6 Å². The molecule has 0 amide bonds. The fraction of sp³-hybridized carbons (Fsp3) is 0.227. The van der Waals surface area contributed by atoms with Crippen molar-refractivity contribution >= 4 is 22.4 Å². The van der Waals surface area contributed by atoms with Crippen molar-refractivity contribution in [1.82, 2.24) is 10.2 Å². The summed E-state index contributed by atoms with van der Waals surface area (Å²) in [6.45, 7) is 1.31. The van der Waals surface area contributed by atoms with E-state index in [0.29, 0.717) is 37.2 Å². The van der Waals surface area contributed by atoms with E-state index in [-0.39, 0.29) is 5.75 Å². The number of carbonyl (C=O) groups excluding carboxylic acids is 1. The van der Waals surface area contributed by atoms with Crippen molar-refractivity contribution in [3.63, 3.8) is 0 Å². The molecule has 2 heterocycles. The van der Waals surface area contributed by atoms with E-state index in [0.717, 1.165) is 17.5 Å². The molecule has 4 rings (SSSR count). The van der Waals surface area contributed by atoms with Gasteiger partial charge in [0.15, 0.2) is 5.75 Å². The van der Waals surface area contributed by atoms with E-state index >= 15 is 0 Å². The summed E-state index contributed by atoms with van der Waals surface area (Å²) in [6, 6.07) is 17.9. The van der Waals surface area contributed by atoms with Crippen LogP contribution in [-0.2, 0) is 20.6 Å². The van der Waals surface area contributed by atoms with E-state index in [1.165, 1.54) is 6.07 Å². The first-order valence-corrected chi connectivity index (χ1v) is 11.1. The Morgan fingerprint density at radius 3 is 2.39 bits per heavy atom. The van der Waals surface area contributed by atoms with Crippen molar-refractivity contribution in [3.8, 4) is 17.0 Å². The summed E-state index contributed by atoms with van der Waals surface area (Å²) in [6.07, 6.45) is 4.02. The number of aldehydes is 1. The molecular weight excluding hydrogens is 418 g/mol. The van der Waals surface area contributed by atoms with Crippen LogP contribution in [0.2, 0.25) is 0 Å². The van der Waals surface area contributed by atoms with E-state index in [9.17, 15) is 13.2 Å². The third-order valence-corrected chi connectivity index (χ3v) is 5.98. The van der Waals surface area contributed by atoms with Gasteiger partial charge in [0.2, 0.25) is 0 Å². The van der Waals surface area contributed by atoms with Crippen LogP contribution in [0.1, 0.15) is 18.4 Å². The molecule has 1 aromatic heterocycles. The molecule has 1 N–H and O–H groups in total. The lowest BCUT2D eigenvalue weighted by molar-refractivity contribution is -0.113. The summed E-state index contributed by atoms with van der Waals surface area (Å²) >= 11 is 0. The van der Waals surface area contributed by atoms with Gasteiger partial charge in [-0.3, -0.25) is 4.55 Å². The Hall–Kier alpha value is -3.30. The highest BCUT2D eigenvalue weighted by molar-refractivity contribution is 7.81. The van der Waals surface area contributed by atoms with Gasteiger partial charge in [0, 0.05) is 18.7 Å². The Labute approximate surface area is 180 Å². The fourth-order valence-electron chi connectivity index (χ4n) is 3.93. The number of rotatable bonds is 6. The van der Waals surface area contributed by atoms with Gasteiger partial charge in [-0.25, -0.2) is 0 Å². The molecule has 0 aliphatic carbocycles.